The molecule has 112 valence electrons. The second-order valence-corrected chi connectivity index (χ2v) is 7.11. The van der Waals surface area contributed by atoms with Crippen LogP contribution in [0.1, 0.15) is 5.56 Å². The molecule has 0 aromatic heterocycles. The number of hydrogen-bond acceptors (Lipinski definition) is 3. The third kappa shape index (κ3) is 4.26. The van der Waals surface area contributed by atoms with Gasteiger partial charge in [0, 0.05) is 11.0 Å². The lowest BCUT2D eigenvalue weighted by Gasteiger charge is -2.09. The van der Waals surface area contributed by atoms with Crippen LogP contribution in [0.25, 0.3) is 0 Å². The Morgan fingerprint density at radius 1 is 1.14 bits per heavy atom. The minimum Gasteiger partial charge on any atom is -0.398 e. The van der Waals surface area contributed by atoms with E-state index in [4.69, 9.17) is 5.73 Å². The Hall–Kier alpha value is -1.44. The van der Waals surface area contributed by atoms with E-state index in [1.807, 2.05) is 0 Å². The van der Waals surface area contributed by atoms with Crippen molar-refractivity contribution >= 4 is 31.6 Å². The topological polar surface area (TPSA) is 72.2 Å². The van der Waals surface area contributed by atoms with Gasteiger partial charge in [0.1, 0.15) is 10.7 Å². The van der Waals surface area contributed by atoms with Crippen LogP contribution < -0.4 is 10.5 Å². The summed E-state index contributed by atoms with van der Waals surface area (Å²) in [5, 5.41) is 0. The molecule has 0 heterocycles. The van der Waals surface area contributed by atoms with Crippen LogP contribution in [0.3, 0.4) is 0 Å². The van der Waals surface area contributed by atoms with E-state index in [1.54, 1.807) is 18.2 Å². The summed E-state index contributed by atoms with van der Waals surface area (Å²) >= 11 is 3.22. The smallest absolute Gasteiger partial charge is 0.242 e. The Kier molecular flexibility index (Phi) is 4.97. The van der Waals surface area contributed by atoms with Crippen LogP contribution in [0.2, 0.25) is 0 Å². The normalized spacial score (nSPS) is 11.5. The van der Waals surface area contributed by atoms with Crippen molar-refractivity contribution in [1.82, 2.24) is 4.72 Å². The number of nitrogen functional groups attached to an aromatic ring is 1. The number of benzene rings is 2. The average Bonchev–Trinajstić information content (AvgIpc) is 2.43. The first kappa shape index (κ1) is 15.9. The first-order valence-corrected chi connectivity index (χ1v) is 8.45. The van der Waals surface area contributed by atoms with Crippen LogP contribution in [-0.2, 0) is 16.4 Å². The number of rotatable bonds is 5. The van der Waals surface area contributed by atoms with Gasteiger partial charge in [-0.15, -0.1) is 0 Å². The number of sulfonamides is 1. The van der Waals surface area contributed by atoms with Gasteiger partial charge >= 0.3 is 0 Å². The quantitative estimate of drug-likeness (QED) is 0.792. The van der Waals surface area contributed by atoms with Gasteiger partial charge in [0.25, 0.3) is 0 Å². The second-order valence-electron chi connectivity index (χ2n) is 4.46. The molecular formula is C14H14BrFN2O2S. The molecule has 0 aliphatic heterocycles. The lowest BCUT2D eigenvalue weighted by Crippen LogP contribution is -2.26. The summed E-state index contributed by atoms with van der Waals surface area (Å²) in [6.45, 7) is 0.208. The molecule has 3 N–H and O–H groups in total. The third-order valence-corrected chi connectivity index (χ3v) is 4.89. The Labute approximate surface area is 131 Å². The van der Waals surface area contributed by atoms with Gasteiger partial charge in [-0.05, 0) is 42.3 Å². The molecule has 0 bridgehead atoms. The Morgan fingerprint density at radius 3 is 2.48 bits per heavy atom. The van der Waals surface area contributed by atoms with Gasteiger partial charge in [0.15, 0.2) is 0 Å². The summed E-state index contributed by atoms with van der Waals surface area (Å²) in [5.41, 5.74) is 6.73. The summed E-state index contributed by atoms with van der Waals surface area (Å²) < 4.78 is 40.2. The molecule has 2 aromatic rings. The van der Waals surface area contributed by atoms with Crippen LogP contribution in [0.15, 0.2) is 51.8 Å². The fourth-order valence-electron chi connectivity index (χ4n) is 1.80. The first-order chi connectivity index (χ1) is 9.88. The number of halogens is 2. The molecule has 0 amide bonds. The van der Waals surface area contributed by atoms with Crippen molar-refractivity contribution in [1.29, 1.82) is 0 Å². The van der Waals surface area contributed by atoms with Gasteiger partial charge in [0.05, 0.1) is 5.69 Å². The van der Waals surface area contributed by atoms with E-state index < -0.39 is 10.0 Å². The van der Waals surface area contributed by atoms with E-state index >= 15 is 0 Å². The van der Waals surface area contributed by atoms with Crippen molar-refractivity contribution in [2.75, 3.05) is 12.3 Å². The maximum atomic E-state index is 12.8. The summed E-state index contributed by atoms with van der Waals surface area (Å²) in [7, 11) is -3.67. The fraction of sp³-hybridized carbons (Fsp3) is 0.143. The molecular weight excluding hydrogens is 359 g/mol. The van der Waals surface area contributed by atoms with Gasteiger partial charge < -0.3 is 5.73 Å². The second kappa shape index (κ2) is 6.55. The molecule has 7 heteroatoms. The molecule has 0 aliphatic carbocycles. The van der Waals surface area contributed by atoms with Crippen LogP contribution in [0.4, 0.5) is 10.1 Å². The molecule has 0 saturated carbocycles. The van der Waals surface area contributed by atoms with Gasteiger partial charge in [-0.2, -0.15) is 0 Å². The zero-order valence-electron chi connectivity index (χ0n) is 11.0. The maximum absolute atomic E-state index is 12.8. The molecule has 4 nitrogen and oxygen atoms in total. The predicted octanol–water partition coefficient (Wildman–Crippen LogP) is 2.69. The van der Waals surface area contributed by atoms with E-state index in [1.165, 1.54) is 24.3 Å². The Balaban J connectivity index is 2.04. The lowest BCUT2D eigenvalue weighted by atomic mass is 10.1. The Bertz CT molecular complexity index is 733. The molecule has 0 radical (unpaired) electrons. The van der Waals surface area contributed by atoms with E-state index in [0.29, 0.717) is 10.9 Å². The number of nitrogens with two attached hydrogens (primary N) is 1. The van der Waals surface area contributed by atoms with E-state index in [9.17, 15) is 12.8 Å². The third-order valence-electron chi connectivity index (χ3n) is 2.88. The summed E-state index contributed by atoms with van der Waals surface area (Å²) in [5.74, 6) is -0.318. The zero-order valence-corrected chi connectivity index (χ0v) is 13.4. The molecule has 2 rings (SSSR count). The number of hydrogen-bond donors (Lipinski definition) is 2. The largest absolute Gasteiger partial charge is 0.398 e. The summed E-state index contributed by atoms with van der Waals surface area (Å²) in [6, 6.07) is 10.6. The first-order valence-electron chi connectivity index (χ1n) is 6.17. The lowest BCUT2D eigenvalue weighted by molar-refractivity contribution is 0.582. The Morgan fingerprint density at radius 2 is 1.81 bits per heavy atom. The molecule has 0 spiro atoms. The van der Waals surface area contributed by atoms with Gasteiger partial charge in [0.2, 0.25) is 10.0 Å². The fourth-order valence-corrected chi connectivity index (χ4v) is 3.50. The van der Waals surface area contributed by atoms with Crippen molar-refractivity contribution in [2.45, 2.75) is 11.3 Å². The van der Waals surface area contributed by atoms with Gasteiger partial charge in [-0.1, -0.05) is 28.1 Å². The molecule has 2 aromatic carbocycles. The highest BCUT2D eigenvalue weighted by atomic mass is 79.9. The summed E-state index contributed by atoms with van der Waals surface area (Å²) in [6.07, 6.45) is 0.466. The molecule has 0 atom stereocenters. The van der Waals surface area contributed by atoms with E-state index in [-0.39, 0.29) is 22.9 Å². The van der Waals surface area contributed by atoms with Crippen molar-refractivity contribution < 1.29 is 12.8 Å². The SMILES string of the molecule is Nc1ccc(Br)cc1S(=O)(=O)NCCc1ccc(F)cc1. The predicted molar refractivity (Wildman–Crippen MR) is 83.8 cm³/mol. The number of nitrogens with one attached hydrogen (secondary N) is 1. The highest BCUT2D eigenvalue weighted by Gasteiger charge is 2.17. The minimum absolute atomic E-state index is 0.0379. The zero-order chi connectivity index (χ0) is 15.5. The van der Waals surface area contributed by atoms with Crippen LogP contribution in [0.5, 0.6) is 0 Å². The summed E-state index contributed by atoms with van der Waals surface area (Å²) in [4.78, 5) is 0.0379. The van der Waals surface area contributed by atoms with Gasteiger partial charge in [-0.3, -0.25) is 0 Å². The molecule has 0 saturated heterocycles. The minimum atomic E-state index is -3.67. The van der Waals surface area contributed by atoms with E-state index in [2.05, 4.69) is 20.7 Å². The standard InChI is InChI=1S/C14H14BrFN2O2S/c15-11-3-6-13(17)14(9-11)21(19,20)18-8-7-10-1-4-12(16)5-2-10/h1-6,9,18H,7-8,17H2. The molecule has 21 heavy (non-hydrogen) atoms. The average molecular weight is 373 g/mol. The van der Waals surface area contributed by atoms with Crippen molar-refractivity contribution in [2.24, 2.45) is 0 Å². The highest BCUT2D eigenvalue weighted by Crippen LogP contribution is 2.22. The van der Waals surface area contributed by atoms with Gasteiger partial charge in [-0.25, -0.2) is 17.5 Å². The van der Waals surface area contributed by atoms with Crippen molar-refractivity contribution in [3.8, 4) is 0 Å². The molecule has 0 fully saturated rings. The van der Waals surface area contributed by atoms with Crippen LogP contribution in [-0.4, -0.2) is 15.0 Å². The highest BCUT2D eigenvalue weighted by molar-refractivity contribution is 9.10. The molecule has 0 aliphatic rings. The van der Waals surface area contributed by atoms with Crippen LogP contribution >= 0.6 is 15.9 Å². The van der Waals surface area contributed by atoms with Crippen molar-refractivity contribution in [3.05, 3.63) is 58.3 Å². The number of anilines is 1. The van der Waals surface area contributed by atoms with Crippen LogP contribution in [0, 0.1) is 5.82 Å². The molecule has 0 unspecified atom stereocenters. The monoisotopic (exact) mass is 372 g/mol. The maximum Gasteiger partial charge on any atom is 0.242 e. The van der Waals surface area contributed by atoms with Crippen molar-refractivity contribution in [3.63, 3.8) is 0 Å². The van der Waals surface area contributed by atoms with E-state index in [0.717, 1.165) is 5.56 Å².